The Kier molecular flexibility index (Phi) is 5.41. The number of hydrogen-bond acceptors (Lipinski definition) is 4. The third-order valence-electron chi connectivity index (χ3n) is 3.12. The Bertz CT molecular complexity index is 582. The van der Waals surface area contributed by atoms with E-state index in [0.29, 0.717) is 37.7 Å². The highest BCUT2D eigenvalue weighted by Crippen LogP contribution is 2.31. The highest BCUT2D eigenvalue weighted by atomic mass is 16.6. The maximum atomic E-state index is 12.1. The van der Waals surface area contributed by atoms with Gasteiger partial charge in [-0.25, -0.2) is 0 Å². The minimum atomic E-state index is -1.02. The Hall–Kier alpha value is -2.50. The van der Waals surface area contributed by atoms with Crippen LogP contribution >= 0.6 is 0 Å². The molecule has 0 unspecified atom stereocenters. The van der Waals surface area contributed by atoms with Gasteiger partial charge in [-0.05, 0) is 30.2 Å². The average molecular weight is 305 g/mol. The fourth-order valence-corrected chi connectivity index (χ4v) is 2.14. The third kappa shape index (κ3) is 4.25. The zero-order valence-electron chi connectivity index (χ0n) is 12.4. The molecule has 0 spiro atoms. The topological polar surface area (TPSA) is 76.1 Å². The number of carbonyl (C=O) groups excluding carboxylic acids is 1. The van der Waals surface area contributed by atoms with Crippen molar-refractivity contribution in [3.8, 4) is 11.5 Å². The molecule has 2 rings (SSSR count). The average Bonchev–Trinajstić information content (AvgIpc) is 2.51. The lowest BCUT2D eigenvalue weighted by molar-refractivity contribution is -0.142. The van der Waals surface area contributed by atoms with Gasteiger partial charge in [-0.15, -0.1) is 0 Å². The first-order chi connectivity index (χ1) is 10.6. The van der Waals surface area contributed by atoms with Crippen molar-refractivity contribution >= 4 is 18.0 Å². The second kappa shape index (κ2) is 7.49. The van der Waals surface area contributed by atoms with Crippen LogP contribution in [0.15, 0.2) is 24.3 Å². The van der Waals surface area contributed by atoms with Crippen molar-refractivity contribution in [3.05, 3.63) is 29.8 Å². The summed E-state index contributed by atoms with van der Waals surface area (Å²) in [5, 5.41) is 8.83. The minimum Gasteiger partial charge on any atom is -0.486 e. The van der Waals surface area contributed by atoms with E-state index in [9.17, 15) is 9.59 Å². The van der Waals surface area contributed by atoms with E-state index in [1.54, 1.807) is 18.2 Å². The van der Waals surface area contributed by atoms with Crippen LogP contribution in [0.1, 0.15) is 18.9 Å². The van der Waals surface area contributed by atoms with Crippen molar-refractivity contribution in [2.75, 3.05) is 26.3 Å². The molecule has 0 radical (unpaired) electrons. The Morgan fingerprint density at radius 3 is 2.68 bits per heavy atom. The first kappa shape index (κ1) is 15.9. The molecule has 1 amide bonds. The van der Waals surface area contributed by atoms with Crippen LogP contribution in [-0.2, 0) is 9.59 Å². The van der Waals surface area contributed by atoms with Gasteiger partial charge in [0.05, 0.1) is 0 Å². The molecular formula is C16H19NO5. The van der Waals surface area contributed by atoms with E-state index in [1.807, 2.05) is 13.0 Å². The van der Waals surface area contributed by atoms with Gasteiger partial charge in [-0.1, -0.05) is 13.0 Å². The van der Waals surface area contributed by atoms with Gasteiger partial charge in [-0.2, -0.15) is 0 Å². The maximum absolute atomic E-state index is 12.1. The van der Waals surface area contributed by atoms with Crippen molar-refractivity contribution < 1.29 is 24.2 Å². The van der Waals surface area contributed by atoms with E-state index in [1.165, 1.54) is 11.0 Å². The van der Waals surface area contributed by atoms with Crippen LogP contribution in [-0.4, -0.2) is 48.2 Å². The largest absolute Gasteiger partial charge is 0.486 e. The quantitative estimate of drug-likeness (QED) is 0.811. The second-order valence-corrected chi connectivity index (χ2v) is 4.89. The molecule has 0 atom stereocenters. The summed E-state index contributed by atoms with van der Waals surface area (Å²) >= 11 is 0. The molecule has 0 saturated carbocycles. The summed E-state index contributed by atoms with van der Waals surface area (Å²) in [6.07, 6.45) is 3.73. The number of nitrogens with zero attached hydrogens (tertiary/aromatic N) is 1. The minimum absolute atomic E-state index is 0.293. The summed E-state index contributed by atoms with van der Waals surface area (Å²) in [7, 11) is 0. The Morgan fingerprint density at radius 1 is 1.27 bits per heavy atom. The van der Waals surface area contributed by atoms with E-state index < -0.39 is 5.97 Å². The Labute approximate surface area is 128 Å². The van der Waals surface area contributed by atoms with Gasteiger partial charge in [0.1, 0.15) is 19.8 Å². The number of amides is 1. The van der Waals surface area contributed by atoms with E-state index in [4.69, 9.17) is 14.6 Å². The summed E-state index contributed by atoms with van der Waals surface area (Å²) in [6.45, 7) is 3.05. The number of carboxylic acid groups (broad SMARTS) is 1. The normalized spacial score (nSPS) is 13.1. The van der Waals surface area contributed by atoms with Crippen molar-refractivity contribution in [1.82, 2.24) is 4.90 Å². The molecule has 1 N–H and O–H groups in total. The van der Waals surface area contributed by atoms with E-state index in [0.717, 1.165) is 5.56 Å². The summed E-state index contributed by atoms with van der Waals surface area (Å²) in [5.41, 5.74) is 0.796. The van der Waals surface area contributed by atoms with E-state index >= 15 is 0 Å². The number of carbonyl (C=O) groups is 2. The van der Waals surface area contributed by atoms with Gasteiger partial charge in [0.25, 0.3) is 0 Å². The van der Waals surface area contributed by atoms with E-state index in [2.05, 4.69) is 0 Å². The number of ether oxygens (including phenoxy) is 2. The molecule has 0 aliphatic carbocycles. The molecule has 6 nitrogen and oxygen atoms in total. The summed E-state index contributed by atoms with van der Waals surface area (Å²) in [6, 6.07) is 5.40. The van der Waals surface area contributed by atoms with Gasteiger partial charge in [0, 0.05) is 12.6 Å². The number of fused-ring (bicyclic) bond motifs is 1. The van der Waals surface area contributed by atoms with Gasteiger partial charge < -0.3 is 19.5 Å². The van der Waals surface area contributed by atoms with Crippen LogP contribution in [0.2, 0.25) is 0 Å². The summed E-state index contributed by atoms with van der Waals surface area (Å²) < 4.78 is 10.9. The molecule has 1 aromatic carbocycles. The van der Waals surface area contributed by atoms with Crippen LogP contribution in [0.3, 0.4) is 0 Å². The molecule has 0 fully saturated rings. The van der Waals surface area contributed by atoms with Gasteiger partial charge in [0.15, 0.2) is 11.5 Å². The molecule has 6 heteroatoms. The lowest BCUT2D eigenvalue weighted by Crippen LogP contribution is -2.35. The van der Waals surface area contributed by atoms with Crippen molar-refractivity contribution in [2.24, 2.45) is 0 Å². The first-order valence-electron chi connectivity index (χ1n) is 7.18. The van der Waals surface area contributed by atoms with Crippen molar-refractivity contribution in [2.45, 2.75) is 13.3 Å². The number of benzene rings is 1. The molecule has 1 heterocycles. The van der Waals surface area contributed by atoms with Crippen LogP contribution in [0.5, 0.6) is 11.5 Å². The SMILES string of the molecule is CCCN(CC(=O)O)C(=O)C=Cc1ccc2c(c1)OCCO2. The standard InChI is InChI=1S/C16H19NO5/c1-2-7-17(11-16(19)20)15(18)6-4-12-3-5-13-14(10-12)22-9-8-21-13/h3-6,10H,2,7-9,11H2,1H3,(H,19,20). The molecule has 0 bridgehead atoms. The van der Waals surface area contributed by atoms with Gasteiger partial charge in [0.2, 0.25) is 5.91 Å². The summed E-state index contributed by atoms with van der Waals surface area (Å²) in [5.74, 6) is -0.00122. The molecular weight excluding hydrogens is 286 g/mol. The number of carboxylic acids is 1. The predicted octanol–water partition coefficient (Wildman–Crippen LogP) is 1.79. The Balaban J connectivity index is 2.06. The lowest BCUT2D eigenvalue weighted by Gasteiger charge is -2.19. The smallest absolute Gasteiger partial charge is 0.323 e. The first-order valence-corrected chi connectivity index (χ1v) is 7.18. The molecule has 1 aromatic rings. The van der Waals surface area contributed by atoms with Gasteiger partial charge in [-0.3, -0.25) is 9.59 Å². The third-order valence-corrected chi connectivity index (χ3v) is 3.12. The Morgan fingerprint density at radius 2 is 2.00 bits per heavy atom. The van der Waals surface area contributed by atoms with Crippen LogP contribution in [0, 0.1) is 0 Å². The fourth-order valence-electron chi connectivity index (χ4n) is 2.14. The predicted molar refractivity (Wildman–Crippen MR) is 81.0 cm³/mol. The second-order valence-electron chi connectivity index (χ2n) is 4.89. The number of hydrogen-bond donors (Lipinski definition) is 1. The monoisotopic (exact) mass is 305 g/mol. The van der Waals surface area contributed by atoms with Crippen LogP contribution < -0.4 is 9.47 Å². The highest BCUT2D eigenvalue weighted by molar-refractivity contribution is 5.93. The van der Waals surface area contributed by atoms with Crippen LogP contribution in [0.4, 0.5) is 0 Å². The summed E-state index contributed by atoms with van der Waals surface area (Å²) in [4.78, 5) is 24.1. The maximum Gasteiger partial charge on any atom is 0.323 e. The van der Waals surface area contributed by atoms with Crippen molar-refractivity contribution in [1.29, 1.82) is 0 Å². The lowest BCUT2D eigenvalue weighted by atomic mass is 10.1. The number of rotatable bonds is 6. The number of aliphatic carboxylic acids is 1. The zero-order valence-corrected chi connectivity index (χ0v) is 12.4. The molecule has 1 aliphatic heterocycles. The fraction of sp³-hybridized carbons (Fsp3) is 0.375. The molecule has 1 aliphatic rings. The molecule has 22 heavy (non-hydrogen) atoms. The highest BCUT2D eigenvalue weighted by Gasteiger charge is 2.14. The zero-order chi connectivity index (χ0) is 15.9. The van der Waals surface area contributed by atoms with Crippen LogP contribution in [0.25, 0.3) is 6.08 Å². The molecule has 0 saturated heterocycles. The van der Waals surface area contributed by atoms with E-state index in [-0.39, 0.29) is 12.5 Å². The van der Waals surface area contributed by atoms with Crippen molar-refractivity contribution in [3.63, 3.8) is 0 Å². The van der Waals surface area contributed by atoms with Gasteiger partial charge >= 0.3 is 5.97 Å². The molecule has 118 valence electrons. The molecule has 0 aromatic heterocycles.